The van der Waals surface area contributed by atoms with Gasteiger partial charge in [-0.3, -0.25) is 0 Å². The third-order valence-electron chi connectivity index (χ3n) is 11.0. The first-order chi connectivity index (χ1) is 25.4. The van der Waals surface area contributed by atoms with Crippen molar-refractivity contribution in [2.75, 3.05) is 0 Å². The van der Waals surface area contributed by atoms with Gasteiger partial charge in [-0.05, 0) is 117 Å². The first kappa shape index (κ1) is 32.0. The van der Waals surface area contributed by atoms with Crippen LogP contribution in [0.4, 0.5) is 0 Å². The Kier molecular flexibility index (Phi) is 7.79. The van der Waals surface area contributed by atoms with Crippen molar-refractivity contribution in [2.24, 2.45) is 0 Å². The topological polar surface area (TPSA) is 20.2 Å². The van der Waals surface area contributed by atoms with Crippen molar-refractivity contribution >= 4 is 43.0 Å². The fraction of sp³-hybridized carbons (Fsp3) is 0.0800. The van der Waals surface area contributed by atoms with Gasteiger partial charge in [-0.1, -0.05) is 146 Å². The number of hydrogen-bond donors (Lipinski definition) is 1. The van der Waals surface area contributed by atoms with Gasteiger partial charge in [0.15, 0.2) is 0 Å². The van der Waals surface area contributed by atoms with Gasteiger partial charge in [0.25, 0.3) is 0 Å². The predicted octanol–water partition coefficient (Wildman–Crippen LogP) is 14.5. The molecule has 0 radical (unpaired) electrons. The van der Waals surface area contributed by atoms with E-state index in [0.29, 0.717) is 5.75 Å². The summed E-state index contributed by atoms with van der Waals surface area (Å²) in [5.74, 6) is 0.389. The van der Waals surface area contributed by atoms with Crippen molar-refractivity contribution in [3.8, 4) is 60.7 Å². The van der Waals surface area contributed by atoms with Crippen LogP contribution in [0.3, 0.4) is 0 Å². The molecule has 0 aliphatic heterocycles. The number of benzene rings is 8. The maximum Gasteiger partial charge on any atom is 0.122 e. The molecule has 0 unspecified atom stereocenters. The third kappa shape index (κ3) is 5.05. The first-order valence-corrected chi connectivity index (χ1v) is 18.7. The highest BCUT2D eigenvalue weighted by Crippen LogP contribution is 2.54. The fourth-order valence-corrected chi connectivity index (χ4v) is 9.60. The normalized spacial score (nSPS) is 11.5. The highest BCUT2D eigenvalue weighted by atomic mass is 32.1. The standard InChI is InChI=1S/C50H38OS/c1-30-31(2)43(33(4)48(51)32(30)3)37-24-26-38(27-25-37)49-46(36-18-9-6-10-19-36)47-42-22-14-13-21-41(42)44(40-28-23-34-15-11-12-20-39(34)29-40)45(50(47)52-49)35-16-7-5-8-17-35/h5-29,51H,1-4H3. The quantitative estimate of drug-likeness (QED) is 0.191. The minimum atomic E-state index is 0.389. The third-order valence-corrected chi connectivity index (χ3v) is 12.3. The van der Waals surface area contributed by atoms with Crippen LogP contribution in [-0.2, 0) is 0 Å². The molecule has 9 aromatic rings. The van der Waals surface area contributed by atoms with Crippen LogP contribution in [0, 0.1) is 27.7 Å². The van der Waals surface area contributed by atoms with Crippen LogP contribution >= 0.6 is 11.3 Å². The van der Waals surface area contributed by atoms with Gasteiger partial charge in [0.1, 0.15) is 5.75 Å². The molecule has 0 amide bonds. The molecule has 0 aliphatic rings. The van der Waals surface area contributed by atoms with Gasteiger partial charge in [-0.15, -0.1) is 11.3 Å². The molecule has 1 nitrogen and oxygen atoms in total. The Morgan fingerprint density at radius 1 is 0.385 bits per heavy atom. The first-order valence-electron chi connectivity index (χ1n) is 17.9. The molecular weight excluding hydrogens is 649 g/mol. The van der Waals surface area contributed by atoms with Crippen LogP contribution in [0.5, 0.6) is 5.75 Å². The Morgan fingerprint density at radius 3 is 1.62 bits per heavy atom. The van der Waals surface area contributed by atoms with Crippen LogP contribution < -0.4 is 0 Å². The van der Waals surface area contributed by atoms with Gasteiger partial charge in [0, 0.05) is 26.1 Å². The predicted molar refractivity (Wildman–Crippen MR) is 225 cm³/mol. The molecule has 250 valence electrons. The molecule has 0 atom stereocenters. The molecule has 0 spiro atoms. The van der Waals surface area contributed by atoms with Crippen LogP contribution in [0.25, 0.3) is 86.6 Å². The van der Waals surface area contributed by atoms with E-state index in [4.69, 9.17) is 0 Å². The van der Waals surface area contributed by atoms with Gasteiger partial charge in [0.05, 0.1) is 0 Å². The van der Waals surface area contributed by atoms with E-state index in [0.717, 1.165) is 27.8 Å². The molecule has 9 rings (SSSR count). The molecule has 0 bridgehead atoms. The zero-order valence-corrected chi connectivity index (χ0v) is 30.6. The monoisotopic (exact) mass is 686 g/mol. The minimum absolute atomic E-state index is 0.389. The largest absolute Gasteiger partial charge is 0.507 e. The zero-order chi connectivity index (χ0) is 35.5. The average molecular weight is 687 g/mol. The van der Waals surface area contributed by atoms with E-state index < -0.39 is 0 Å². The number of fused-ring (bicyclic) bond motifs is 4. The van der Waals surface area contributed by atoms with Crippen LogP contribution in [0.2, 0.25) is 0 Å². The molecule has 8 aromatic carbocycles. The summed E-state index contributed by atoms with van der Waals surface area (Å²) in [6, 6.07) is 55.3. The molecule has 2 heteroatoms. The van der Waals surface area contributed by atoms with Crippen molar-refractivity contribution in [3.63, 3.8) is 0 Å². The van der Waals surface area contributed by atoms with Crippen LogP contribution in [-0.4, -0.2) is 5.11 Å². The lowest BCUT2D eigenvalue weighted by Crippen LogP contribution is -1.96. The summed E-state index contributed by atoms with van der Waals surface area (Å²) in [6.07, 6.45) is 0. The number of aromatic hydroxyl groups is 1. The van der Waals surface area contributed by atoms with E-state index in [2.05, 4.69) is 166 Å². The van der Waals surface area contributed by atoms with E-state index in [1.807, 2.05) is 25.2 Å². The summed E-state index contributed by atoms with van der Waals surface area (Å²) in [7, 11) is 0. The SMILES string of the molecule is Cc1c(C)c(O)c(C)c(-c2ccc(-c3sc4c(-c5ccccc5)c(-c5ccc6ccccc6c5)c5ccccc5c4c3-c3ccccc3)cc2)c1C. The molecular formula is C50H38OS. The van der Waals surface area contributed by atoms with E-state index in [-0.39, 0.29) is 0 Å². The Bertz CT molecular complexity index is 2780. The van der Waals surface area contributed by atoms with E-state index in [9.17, 15) is 5.11 Å². The summed E-state index contributed by atoms with van der Waals surface area (Å²) in [6.45, 7) is 8.30. The molecule has 52 heavy (non-hydrogen) atoms. The summed E-state index contributed by atoms with van der Waals surface area (Å²) < 4.78 is 1.29. The summed E-state index contributed by atoms with van der Waals surface area (Å²) in [5, 5.41) is 17.3. The molecule has 1 aromatic heterocycles. The molecule has 1 N–H and O–H groups in total. The lowest BCUT2D eigenvalue weighted by molar-refractivity contribution is 0.466. The van der Waals surface area contributed by atoms with E-state index in [1.165, 1.54) is 81.0 Å². The molecule has 0 fully saturated rings. The van der Waals surface area contributed by atoms with Gasteiger partial charge in [0.2, 0.25) is 0 Å². The number of phenolic OH excluding ortho intramolecular Hbond substituents is 1. The molecule has 1 heterocycles. The van der Waals surface area contributed by atoms with Crippen molar-refractivity contribution in [1.29, 1.82) is 0 Å². The number of phenols is 1. The Labute approximate surface area is 309 Å². The Balaban J connectivity index is 1.38. The fourth-order valence-electron chi connectivity index (χ4n) is 8.19. The van der Waals surface area contributed by atoms with Gasteiger partial charge in [-0.25, -0.2) is 0 Å². The lowest BCUT2D eigenvalue weighted by atomic mass is 9.85. The summed E-state index contributed by atoms with van der Waals surface area (Å²) in [5.41, 5.74) is 15.1. The Hall–Kier alpha value is -5.96. The second-order valence-electron chi connectivity index (χ2n) is 13.9. The van der Waals surface area contributed by atoms with Gasteiger partial charge < -0.3 is 5.11 Å². The van der Waals surface area contributed by atoms with Crippen LogP contribution in [0.1, 0.15) is 22.3 Å². The smallest absolute Gasteiger partial charge is 0.122 e. The molecule has 0 aliphatic carbocycles. The van der Waals surface area contributed by atoms with E-state index >= 15 is 0 Å². The lowest BCUT2D eigenvalue weighted by Gasteiger charge is -2.18. The second kappa shape index (κ2) is 12.7. The minimum Gasteiger partial charge on any atom is -0.507 e. The van der Waals surface area contributed by atoms with Crippen molar-refractivity contribution in [3.05, 3.63) is 174 Å². The summed E-state index contributed by atoms with van der Waals surface area (Å²) in [4.78, 5) is 1.25. The number of hydrogen-bond acceptors (Lipinski definition) is 2. The second-order valence-corrected chi connectivity index (χ2v) is 14.9. The Morgan fingerprint density at radius 2 is 0.923 bits per heavy atom. The molecule has 0 saturated carbocycles. The molecule has 0 saturated heterocycles. The summed E-state index contributed by atoms with van der Waals surface area (Å²) >= 11 is 1.90. The highest BCUT2D eigenvalue weighted by Gasteiger charge is 2.25. The van der Waals surface area contributed by atoms with Crippen molar-refractivity contribution in [1.82, 2.24) is 0 Å². The van der Waals surface area contributed by atoms with Gasteiger partial charge in [-0.2, -0.15) is 0 Å². The van der Waals surface area contributed by atoms with Gasteiger partial charge >= 0.3 is 0 Å². The van der Waals surface area contributed by atoms with Crippen molar-refractivity contribution in [2.45, 2.75) is 27.7 Å². The maximum atomic E-state index is 11.0. The maximum absolute atomic E-state index is 11.0. The van der Waals surface area contributed by atoms with Crippen LogP contribution in [0.15, 0.2) is 152 Å². The highest BCUT2D eigenvalue weighted by molar-refractivity contribution is 7.24. The zero-order valence-electron chi connectivity index (χ0n) is 29.8. The number of rotatable bonds is 5. The average Bonchev–Trinajstić information content (AvgIpc) is 3.60. The van der Waals surface area contributed by atoms with Crippen molar-refractivity contribution < 1.29 is 5.11 Å². The number of thiophene rings is 1. The van der Waals surface area contributed by atoms with E-state index in [1.54, 1.807) is 0 Å².